The van der Waals surface area contributed by atoms with Crippen LogP contribution in [-0.4, -0.2) is 16.1 Å². The van der Waals surface area contributed by atoms with Gasteiger partial charge in [-0.15, -0.1) is 0 Å². The van der Waals surface area contributed by atoms with Crippen LogP contribution in [0.2, 0.25) is 5.02 Å². The topological polar surface area (TPSA) is 57.8 Å². The van der Waals surface area contributed by atoms with E-state index in [1.165, 1.54) is 23.8 Å². The molecule has 4 nitrogen and oxygen atoms in total. The Balaban J connectivity index is 2.08. The van der Waals surface area contributed by atoms with Gasteiger partial charge < -0.3 is 5.32 Å². The summed E-state index contributed by atoms with van der Waals surface area (Å²) in [4.78, 5) is 11.6. The number of halogens is 1. The van der Waals surface area contributed by atoms with E-state index in [1.54, 1.807) is 12.1 Å². The molecule has 0 radical (unpaired) electrons. The number of carbonyl (C=O) groups is 1. The standard InChI is InChI=1S/C16H16ClN3O/c1-2-15(21)18-13-8-7-10(17)9-12(13)16-11-5-3-4-6-14(11)19-20-16/h2,7-9H,1,3-6H2,(H,18,21)(H,19,20). The molecule has 1 amide bonds. The zero-order valence-electron chi connectivity index (χ0n) is 11.6. The molecule has 2 aromatic rings. The number of fused-ring (bicyclic) bond motifs is 1. The lowest BCUT2D eigenvalue weighted by atomic mass is 9.93. The molecule has 108 valence electrons. The monoisotopic (exact) mass is 301 g/mol. The Hall–Kier alpha value is -2.07. The number of carbonyl (C=O) groups excluding carboxylic acids is 1. The summed E-state index contributed by atoms with van der Waals surface area (Å²) in [5.41, 5.74) is 4.85. The quantitative estimate of drug-likeness (QED) is 0.849. The molecule has 1 heterocycles. The average molecular weight is 302 g/mol. The molecule has 1 aliphatic rings. The molecule has 1 aromatic heterocycles. The van der Waals surface area contributed by atoms with E-state index in [4.69, 9.17) is 11.6 Å². The molecule has 5 heteroatoms. The maximum Gasteiger partial charge on any atom is 0.247 e. The third-order valence-corrected chi connectivity index (χ3v) is 3.97. The van der Waals surface area contributed by atoms with Crippen molar-refractivity contribution in [1.82, 2.24) is 10.2 Å². The minimum Gasteiger partial charge on any atom is -0.322 e. The van der Waals surface area contributed by atoms with Gasteiger partial charge in [-0.05, 0) is 50.0 Å². The minimum absolute atomic E-state index is 0.247. The molecule has 0 atom stereocenters. The molecule has 0 aliphatic heterocycles. The zero-order chi connectivity index (χ0) is 14.8. The van der Waals surface area contributed by atoms with Crippen molar-refractivity contribution in [2.24, 2.45) is 0 Å². The Morgan fingerprint density at radius 3 is 3.00 bits per heavy atom. The van der Waals surface area contributed by atoms with Crippen LogP contribution in [0.15, 0.2) is 30.9 Å². The Bertz CT molecular complexity index is 706. The number of H-pyrrole nitrogens is 1. The van der Waals surface area contributed by atoms with Crippen LogP contribution in [0.5, 0.6) is 0 Å². The number of aryl methyl sites for hydroxylation is 1. The Labute approximate surface area is 128 Å². The van der Waals surface area contributed by atoms with Gasteiger partial charge >= 0.3 is 0 Å². The van der Waals surface area contributed by atoms with Gasteiger partial charge in [-0.25, -0.2) is 0 Å². The molecule has 0 spiro atoms. The van der Waals surface area contributed by atoms with Crippen molar-refractivity contribution in [3.05, 3.63) is 47.1 Å². The van der Waals surface area contributed by atoms with E-state index in [-0.39, 0.29) is 5.91 Å². The number of hydrogen-bond donors (Lipinski definition) is 2. The number of anilines is 1. The fourth-order valence-electron chi connectivity index (χ4n) is 2.71. The molecule has 2 N–H and O–H groups in total. The molecule has 0 saturated carbocycles. The molecule has 21 heavy (non-hydrogen) atoms. The van der Waals surface area contributed by atoms with Crippen LogP contribution in [0.4, 0.5) is 5.69 Å². The minimum atomic E-state index is -0.247. The van der Waals surface area contributed by atoms with Gasteiger partial charge in [0.1, 0.15) is 0 Å². The van der Waals surface area contributed by atoms with Crippen molar-refractivity contribution in [3.63, 3.8) is 0 Å². The SMILES string of the molecule is C=CC(=O)Nc1ccc(Cl)cc1-c1n[nH]c2c1CCCC2. The van der Waals surface area contributed by atoms with Crippen LogP contribution >= 0.6 is 11.6 Å². The van der Waals surface area contributed by atoms with Gasteiger partial charge in [0, 0.05) is 21.8 Å². The smallest absolute Gasteiger partial charge is 0.247 e. The van der Waals surface area contributed by atoms with Crippen LogP contribution in [0, 0.1) is 0 Å². The number of amides is 1. The van der Waals surface area contributed by atoms with Crippen LogP contribution in [-0.2, 0) is 17.6 Å². The van der Waals surface area contributed by atoms with Crippen molar-refractivity contribution < 1.29 is 4.79 Å². The Morgan fingerprint density at radius 2 is 2.19 bits per heavy atom. The lowest BCUT2D eigenvalue weighted by Crippen LogP contribution is -2.09. The predicted octanol–water partition coefficient (Wildman–Crippen LogP) is 3.73. The lowest BCUT2D eigenvalue weighted by molar-refractivity contribution is -0.111. The summed E-state index contributed by atoms with van der Waals surface area (Å²) in [6.07, 6.45) is 5.62. The summed E-state index contributed by atoms with van der Waals surface area (Å²) in [5, 5.41) is 11.0. The summed E-state index contributed by atoms with van der Waals surface area (Å²) >= 11 is 6.12. The van der Waals surface area contributed by atoms with Gasteiger partial charge in [0.05, 0.1) is 11.4 Å². The van der Waals surface area contributed by atoms with Crippen LogP contribution in [0.1, 0.15) is 24.1 Å². The fraction of sp³-hybridized carbons (Fsp3) is 0.250. The normalized spacial score (nSPS) is 13.6. The average Bonchev–Trinajstić information content (AvgIpc) is 2.92. The van der Waals surface area contributed by atoms with Crippen LogP contribution in [0.3, 0.4) is 0 Å². The first kappa shape index (κ1) is 13.9. The predicted molar refractivity (Wildman–Crippen MR) is 84.5 cm³/mol. The number of rotatable bonds is 3. The number of nitrogens with zero attached hydrogens (tertiary/aromatic N) is 1. The van der Waals surface area contributed by atoms with E-state index in [0.29, 0.717) is 10.7 Å². The summed E-state index contributed by atoms with van der Waals surface area (Å²) in [6.45, 7) is 3.48. The largest absolute Gasteiger partial charge is 0.322 e. The third-order valence-electron chi connectivity index (χ3n) is 3.74. The number of benzene rings is 1. The van der Waals surface area contributed by atoms with E-state index in [0.717, 1.165) is 30.5 Å². The fourth-order valence-corrected chi connectivity index (χ4v) is 2.88. The number of nitrogens with one attached hydrogen (secondary N) is 2. The highest BCUT2D eigenvalue weighted by atomic mass is 35.5. The molecule has 0 unspecified atom stereocenters. The maximum absolute atomic E-state index is 11.6. The van der Waals surface area contributed by atoms with Gasteiger partial charge in [-0.1, -0.05) is 18.2 Å². The van der Waals surface area contributed by atoms with E-state index >= 15 is 0 Å². The molecule has 1 aromatic carbocycles. The lowest BCUT2D eigenvalue weighted by Gasteiger charge is -2.13. The van der Waals surface area contributed by atoms with Gasteiger partial charge in [-0.3, -0.25) is 9.89 Å². The molecule has 0 saturated heterocycles. The Kier molecular flexibility index (Phi) is 3.80. The highest BCUT2D eigenvalue weighted by molar-refractivity contribution is 6.31. The first-order valence-corrected chi connectivity index (χ1v) is 7.36. The van der Waals surface area contributed by atoms with Crippen LogP contribution < -0.4 is 5.32 Å². The molecular weight excluding hydrogens is 286 g/mol. The maximum atomic E-state index is 11.6. The summed E-state index contributed by atoms with van der Waals surface area (Å²) in [7, 11) is 0. The molecule has 0 bridgehead atoms. The highest BCUT2D eigenvalue weighted by Crippen LogP contribution is 2.35. The van der Waals surface area contributed by atoms with E-state index in [1.807, 2.05) is 6.07 Å². The van der Waals surface area contributed by atoms with E-state index in [2.05, 4.69) is 22.1 Å². The molecule has 1 aliphatic carbocycles. The Morgan fingerprint density at radius 1 is 1.38 bits per heavy atom. The first-order chi connectivity index (χ1) is 10.2. The second-order valence-electron chi connectivity index (χ2n) is 5.12. The molecular formula is C16H16ClN3O. The zero-order valence-corrected chi connectivity index (χ0v) is 12.3. The number of hydrogen-bond acceptors (Lipinski definition) is 2. The molecule has 3 rings (SSSR count). The summed E-state index contributed by atoms with van der Waals surface area (Å²) < 4.78 is 0. The van der Waals surface area contributed by atoms with Crippen molar-refractivity contribution >= 4 is 23.2 Å². The first-order valence-electron chi connectivity index (χ1n) is 6.98. The van der Waals surface area contributed by atoms with Crippen molar-refractivity contribution in [3.8, 4) is 11.3 Å². The number of aromatic nitrogens is 2. The summed E-state index contributed by atoms with van der Waals surface area (Å²) in [6, 6.07) is 5.39. The van der Waals surface area contributed by atoms with Gasteiger partial charge in [-0.2, -0.15) is 5.10 Å². The van der Waals surface area contributed by atoms with Crippen molar-refractivity contribution in [2.45, 2.75) is 25.7 Å². The van der Waals surface area contributed by atoms with Crippen molar-refractivity contribution in [1.29, 1.82) is 0 Å². The van der Waals surface area contributed by atoms with E-state index in [9.17, 15) is 4.79 Å². The van der Waals surface area contributed by atoms with Crippen molar-refractivity contribution in [2.75, 3.05) is 5.32 Å². The van der Waals surface area contributed by atoms with Crippen LogP contribution in [0.25, 0.3) is 11.3 Å². The second kappa shape index (κ2) is 5.74. The highest BCUT2D eigenvalue weighted by Gasteiger charge is 2.20. The second-order valence-corrected chi connectivity index (χ2v) is 5.56. The summed E-state index contributed by atoms with van der Waals surface area (Å²) in [5.74, 6) is -0.247. The van der Waals surface area contributed by atoms with Gasteiger partial charge in [0.2, 0.25) is 5.91 Å². The molecule has 0 fully saturated rings. The van der Waals surface area contributed by atoms with Gasteiger partial charge in [0.25, 0.3) is 0 Å². The van der Waals surface area contributed by atoms with Gasteiger partial charge in [0.15, 0.2) is 0 Å². The number of aromatic amines is 1. The van der Waals surface area contributed by atoms with E-state index < -0.39 is 0 Å². The third kappa shape index (κ3) is 2.72.